The molecule has 0 aliphatic carbocycles. The van der Waals surface area contributed by atoms with Gasteiger partial charge in [-0.15, -0.1) is 0 Å². The Balaban J connectivity index is 2.06. The van der Waals surface area contributed by atoms with Crippen LogP contribution in [0.15, 0.2) is 48.7 Å². The molecule has 0 spiro atoms. The van der Waals surface area contributed by atoms with Gasteiger partial charge in [-0.1, -0.05) is 41.4 Å². The molecule has 2 aromatic carbocycles. The summed E-state index contributed by atoms with van der Waals surface area (Å²) in [5, 5.41) is 10.9. The molecule has 0 radical (unpaired) electrons. The summed E-state index contributed by atoms with van der Waals surface area (Å²) in [6.07, 6.45) is 1.78. The first-order valence-corrected chi connectivity index (χ1v) is 6.33. The maximum Gasteiger partial charge on any atom is 0.193 e. The fourth-order valence-corrected chi connectivity index (χ4v) is 2.41. The van der Waals surface area contributed by atoms with E-state index >= 15 is 0 Å². The van der Waals surface area contributed by atoms with E-state index in [0.717, 1.165) is 10.9 Å². The van der Waals surface area contributed by atoms with Gasteiger partial charge in [0.1, 0.15) is 5.75 Å². The number of phenols is 1. The summed E-state index contributed by atoms with van der Waals surface area (Å²) in [5.74, 6) is 0.308. The number of hydrogen-bond acceptors (Lipinski definition) is 2. The van der Waals surface area contributed by atoms with E-state index in [1.54, 1.807) is 10.9 Å². The highest BCUT2D eigenvalue weighted by molar-refractivity contribution is 6.37. The summed E-state index contributed by atoms with van der Waals surface area (Å²) >= 11 is 12.0. The number of nitrogens with zero attached hydrogens (tertiary/aromatic N) is 1. The molecule has 0 saturated heterocycles. The molecule has 1 heterocycles. The van der Waals surface area contributed by atoms with Gasteiger partial charge in [-0.2, -0.15) is 4.73 Å². The molecule has 19 heavy (non-hydrogen) atoms. The molecule has 1 N–H and O–H groups in total. The lowest BCUT2D eigenvalue weighted by Crippen LogP contribution is -2.03. The molecule has 96 valence electrons. The fraction of sp³-hybridized carbons (Fsp3) is 0. The molecule has 0 unspecified atom stereocenters. The number of aromatic nitrogens is 1. The molecule has 5 heteroatoms. The van der Waals surface area contributed by atoms with Crippen molar-refractivity contribution in [1.82, 2.24) is 4.73 Å². The van der Waals surface area contributed by atoms with Crippen molar-refractivity contribution < 1.29 is 9.94 Å². The first kappa shape index (κ1) is 12.2. The highest BCUT2D eigenvalue weighted by atomic mass is 35.5. The van der Waals surface area contributed by atoms with Gasteiger partial charge < -0.3 is 9.94 Å². The highest BCUT2D eigenvalue weighted by Gasteiger charge is 2.12. The summed E-state index contributed by atoms with van der Waals surface area (Å²) < 4.78 is 1.58. The topological polar surface area (TPSA) is 34.4 Å². The van der Waals surface area contributed by atoms with Crippen LogP contribution >= 0.6 is 23.2 Å². The number of fused-ring (bicyclic) bond motifs is 1. The SMILES string of the molecule is Oc1cc(Cl)c(On2ccc3ccccc32)c(Cl)c1. The maximum absolute atomic E-state index is 9.38. The zero-order valence-electron chi connectivity index (χ0n) is 9.68. The molecule has 3 nitrogen and oxygen atoms in total. The molecule has 0 aliphatic heterocycles. The molecule has 0 atom stereocenters. The third-order valence-corrected chi connectivity index (χ3v) is 3.30. The van der Waals surface area contributed by atoms with Crippen LogP contribution in [0.4, 0.5) is 0 Å². The lowest BCUT2D eigenvalue weighted by molar-refractivity contribution is 0.229. The van der Waals surface area contributed by atoms with Crippen molar-refractivity contribution in [2.24, 2.45) is 0 Å². The Kier molecular flexibility index (Phi) is 3.01. The van der Waals surface area contributed by atoms with Gasteiger partial charge in [-0.25, -0.2) is 0 Å². The molecule has 0 fully saturated rings. The maximum atomic E-state index is 9.38. The van der Waals surface area contributed by atoms with Gasteiger partial charge in [0.25, 0.3) is 0 Å². The van der Waals surface area contributed by atoms with Crippen LogP contribution in [0.5, 0.6) is 11.5 Å². The Morgan fingerprint density at radius 3 is 2.42 bits per heavy atom. The van der Waals surface area contributed by atoms with Gasteiger partial charge in [-0.3, -0.25) is 0 Å². The number of halogens is 2. The predicted octanol–water partition coefficient (Wildman–Crippen LogP) is 4.50. The minimum atomic E-state index is -0.000265. The molecule has 0 aliphatic rings. The number of benzene rings is 2. The minimum absolute atomic E-state index is 0.000265. The van der Waals surface area contributed by atoms with Crippen molar-refractivity contribution >= 4 is 34.1 Å². The van der Waals surface area contributed by atoms with Crippen LogP contribution in [0, 0.1) is 0 Å². The van der Waals surface area contributed by atoms with Crippen LogP contribution in [-0.2, 0) is 0 Å². The van der Waals surface area contributed by atoms with Crippen molar-refractivity contribution in [2.45, 2.75) is 0 Å². The van der Waals surface area contributed by atoms with E-state index in [4.69, 9.17) is 28.0 Å². The van der Waals surface area contributed by atoms with Gasteiger partial charge in [0.15, 0.2) is 5.75 Å². The van der Waals surface area contributed by atoms with Crippen molar-refractivity contribution in [3.8, 4) is 11.5 Å². The van der Waals surface area contributed by atoms with E-state index in [0.29, 0.717) is 5.75 Å². The number of rotatable bonds is 2. The molecule has 0 bridgehead atoms. The lowest BCUT2D eigenvalue weighted by Gasteiger charge is -2.11. The third-order valence-electron chi connectivity index (χ3n) is 2.74. The molecule has 1 aromatic heterocycles. The van der Waals surface area contributed by atoms with Gasteiger partial charge in [0.05, 0.1) is 15.6 Å². The van der Waals surface area contributed by atoms with Crippen LogP contribution in [0.1, 0.15) is 0 Å². The van der Waals surface area contributed by atoms with Gasteiger partial charge in [-0.05, 0) is 12.1 Å². The molecule has 3 rings (SSSR count). The summed E-state index contributed by atoms with van der Waals surface area (Å²) in [4.78, 5) is 5.69. The first-order chi connectivity index (χ1) is 9.15. The second kappa shape index (κ2) is 4.68. The van der Waals surface area contributed by atoms with Gasteiger partial charge in [0.2, 0.25) is 0 Å². The molecular formula is C14H9Cl2NO2. The fourth-order valence-electron chi connectivity index (χ4n) is 1.87. The van der Waals surface area contributed by atoms with Crippen molar-refractivity contribution in [1.29, 1.82) is 0 Å². The zero-order chi connectivity index (χ0) is 13.4. The monoisotopic (exact) mass is 293 g/mol. The summed E-state index contributed by atoms with van der Waals surface area (Å²) in [6, 6.07) is 12.5. The summed E-state index contributed by atoms with van der Waals surface area (Å²) in [6.45, 7) is 0. The van der Waals surface area contributed by atoms with E-state index < -0.39 is 0 Å². The number of para-hydroxylation sites is 1. The van der Waals surface area contributed by atoms with Gasteiger partial charge >= 0.3 is 0 Å². The standard InChI is InChI=1S/C14H9Cl2NO2/c15-11-7-10(18)8-12(16)14(11)19-17-6-5-9-3-1-2-4-13(9)17/h1-8,18H. The highest BCUT2D eigenvalue weighted by Crippen LogP contribution is 2.37. The quantitative estimate of drug-likeness (QED) is 0.755. The number of phenolic OH excluding ortho intramolecular Hbond substituents is 1. The normalized spacial score (nSPS) is 10.8. The van der Waals surface area contributed by atoms with E-state index in [1.165, 1.54) is 12.1 Å². The Hall–Kier alpha value is -1.84. The second-order valence-electron chi connectivity index (χ2n) is 4.03. The smallest absolute Gasteiger partial charge is 0.193 e. The van der Waals surface area contributed by atoms with Crippen LogP contribution in [0.25, 0.3) is 10.9 Å². The lowest BCUT2D eigenvalue weighted by atomic mass is 10.3. The first-order valence-electron chi connectivity index (χ1n) is 5.57. The second-order valence-corrected chi connectivity index (χ2v) is 4.84. The number of hydrogen-bond donors (Lipinski definition) is 1. The molecular weight excluding hydrogens is 285 g/mol. The largest absolute Gasteiger partial charge is 0.508 e. The third kappa shape index (κ3) is 2.23. The van der Waals surface area contributed by atoms with Crippen LogP contribution < -0.4 is 4.84 Å². The predicted molar refractivity (Wildman–Crippen MR) is 76.1 cm³/mol. The molecule has 0 saturated carbocycles. The molecule has 3 aromatic rings. The number of aromatic hydroxyl groups is 1. The van der Waals surface area contributed by atoms with Crippen LogP contribution in [0.2, 0.25) is 10.0 Å². The Morgan fingerprint density at radius 1 is 1.00 bits per heavy atom. The van der Waals surface area contributed by atoms with Crippen molar-refractivity contribution in [3.63, 3.8) is 0 Å². The average Bonchev–Trinajstić information content (AvgIpc) is 2.77. The summed E-state index contributed by atoms with van der Waals surface area (Å²) in [5.41, 5.74) is 0.905. The van der Waals surface area contributed by atoms with Gasteiger partial charge in [0, 0.05) is 23.7 Å². The Morgan fingerprint density at radius 2 is 1.68 bits per heavy atom. The Bertz CT molecular complexity index is 729. The van der Waals surface area contributed by atoms with E-state index in [9.17, 15) is 5.11 Å². The summed E-state index contributed by atoms with van der Waals surface area (Å²) in [7, 11) is 0. The van der Waals surface area contributed by atoms with E-state index in [-0.39, 0.29) is 15.8 Å². The van der Waals surface area contributed by atoms with Crippen molar-refractivity contribution in [3.05, 3.63) is 58.7 Å². The Labute approximate surface area is 119 Å². The minimum Gasteiger partial charge on any atom is -0.508 e. The molecule has 0 amide bonds. The van der Waals surface area contributed by atoms with Crippen molar-refractivity contribution in [2.75, 3.05) is 0 Å². The zero-order valence-corrected chi connectivity index (χ0v) is 11.2. The van der Waals surface area contributed by atoms with Crippen LogP contribution in [0.3, 0.4) is 0 Å². The van der Waals surface area contributed by atoms with Crippen LogP contribution in [-0.4, -0.2) is 9.84 Å². The average molecular weight is 294 g/mol. The van der Waals surface area contributed by atoms with E-state index in [1.807, 2.05) is 30.3 Å². The van der Waals surface area contributed by atoms with E-state index in [2.05, 4.69) is 0 Å².